The smallest absolute Gasteiger partial charge is 0.416 e. The van der Waals surface area contributed by atoms with Crippen LogP contribution < -0.4 is 4.90 Å². The van der Waals surface area contributed by atoms with Crippen LogP contribution in [0.25, 0.3) is 21.9 Å². The average molecular weight is 354 g/mol. The third-order valence-electron chi connectivity index (χ3n) is 3.97. The topological polar surface area (TPSA) is 60.2 Å². The molecule has 0 unspecified atom stereocenters. The van der Waals surface area contributed by atoms with Crippen LogP contribution >= 0.6 is 0 Å². The number of anilines is 1. The van der Waals surface area contributed by atoms with Crippen LogP contribution in [0.2, 0.25) is 0 Å². The third kappa shape index (κ3) is 3.49. The SMILES string of the molecule is CC(C)Cn1c(N(C)C(=O)OC(C)(C)C)nc2cnc3ccccc3c21. The molecule has 0 spiro atoms. The van der Waals surface area contributed by atoms with Crippen molar-refractivity contribution in [3.8, 4) is 0 Å². The summed E-state index contributed by atoms with van der Waals surface area (Å²) >= 11 is 0. The molecule has 26 heavy (non-hydrogen) atoms. The monoisotopic (exact) mass is 354 g/mol. The van der Waals surface area contributed by atoms with Crippen LogP contribution in [-0.2, 0) is 11.3 Å². The van der Waals surface area contributed by atoms with E-state index >= 15 is 0 Å². The molecule has 3 rings (SSSR count). The van der Waals surface area contributed by atoms with Crippen LogP contribution in [0.1, 0.15) is 34.6 Å². The highest BCUT2D eigenvalue weighted by molar-refractivity contribution is 6.03. The van der Waals surface area contributed by atoms with Gasteiger partial charge in [-0.1, -0.05) is 32.0 Å². The summed E-state index contributed by atoms with van der Waals surface area (Å²) in [5.41, 5.74) is 2.12. The number of amides is 1. The van der Waals surface area contributed by atoms with E-state index in [-0.39, 0.29) is 0 Å². The Bertz CT molecular complexity index is 953. The molecule has 0 bridgehead atoms. The van der Waals surface area contributed by atoms with E-state index in [4.69, 9.17) is 9.72 Å². The summed E-state index contributed by atoms with van der Waals surface area (Å²) in [6, 6.07) is 7.99. The van der Waals surface area contributed by atoms with Gasteiger partial charge in [0.1, 0.15) is 11.1 Å². The Morgan fingerprint density at radius 3 is 2.58 bits per heavy atom. The maximum atomic E-state index is 12.6. The normalized spacial score (nSPS) is 12.1. The van der Waals surface area contributed by atoms with E-state index in [9.17, 15) is 4.79 Å². The fourth-order valence-corrected chi connectivity index (χ4v) is 2.96. The lowest BCUT2D eigenvalue weighted by Crippen LogP contribution is -2.35. The van der Waals surface area contributed by atoms with Gasteiger partial charge >= 0.3 is 6.09 Å². The molecule has 2 aromatic heterocycles. The number of nitrogens with zero attached hydrogens (tertiary/aromatic N) is 4. The standard InChI is InChI=1S/C20H26N4O2/c1-13(2)12-24-17-14-9-7-8-10-15(14)21-11-16(17)22-18(24)23(6)19(25)26-20(3,4)5/h7-11,13H,12H2,1-6H3. The lowest BCUT2D eigenvalue weighted by atomic mass is 10.1. The van der Waals surface area contributed by atoms with Gasteiger partial charge < -0.3 is 9.30 Å². The highest BCUT2D eigenvalue weighted by Gasteiger charge is 2.25. The number of imidazole rings is 1. The van der Waals surface area contributed by atoms with Crippen LogP contribution in [-0.4, -0.2) is 33.3 Å². The Hall–Kier alpha value is -2.63. The van der Waals surface area contributed by atoms with Gasteiger partial charge in [-0.2, -0.15) is 0 Å². The maximum absolute atomic E-state index is 12.6. The van der Waals surface area contributed by atoms with Gasteiger partial charge in [-0.15, -0.1) is 0 Å². The van der Waals surface area contributed by atoms with Crippen LogP contribution in [0.4, 0.5) is 10.7 Å². The van der Waals surface area contributed by atoms with E-state index in [2.05, 4.69) is 23.4 Å². The van der Waals surface area contributed by atoms with Gasteiger partial charge in [0.05, 0.1) is 17.2 Å². The number of pyridine rings is 1. The third-order valence-corrected chi connectivity index (χ3v) is 3.97. The summed E-state index contributed by atoms with van der Waals surface area (Å²) in [5.74, 6) is 0.964. The number of hydrogen-bond donors (Lipinski definition) is 0. The zero-order valence-electron chi connectivity index (χ0n) is 16.3. The Kier molecular flexibility index (Phi) is 4.61. The molecule has 0 saturated carbocycles. The van der Waals surface area contributed by atoms with Crippen LogP contribution in [0, 0.1) is 5.92 Å². The first-order chi connectivity index (χ1) is 12.2. The molecule has 3 aromatic rings. The van der Waals surface area contributed by atoms with E-state index < -0.39 is 11.7 Å². The second kappa shape index (κ2) is 6.59. The number of rotatable bonds is 3. The van der Waals surface area contributed by atoms with Crippen molar-refractivity contribution in [2.45, 2.75) is 46.8 Å². The van der Waals surface area contributed by atoms with Gasteiger partial charge in [0, 0.05) is 19.0 Å². The van der Waals surface area contributed by atoms with Gasteiger partial charge in [0.25, 0.3) is 0 Å². The summed E-state index contributed by atoms with van der Waals surface area (Å²) in [5, 5.41) is 1.03. The van der Waals surface area contributed by atoms with Crippen LogP contribution in [0.5, 0.6) is 0 Å². The summed E-state index contributed by atoms with van der Waals surface area (Å²) in [6.45, 7) is 10.6. The molecule has 0 fully saturated rings. The van der Waals surface area contributed by atoms with Crippen LogP contribution in [0.3, 0.4) is 0 Å². The molecule has 0 aliphatic rings. The van der Waals surface area contributed by atoms with Crippen molar-refractivity contribution in [3.05, 3.63) is 30.5 Å². The number of aromatic nitrogens is 3. The van der Waals surface area contributed by atoms with E-state index in [0.29, 0.717) is 11.9 Å². The minimum Gasteiger partial charge on any atom is -0.443 e. The average Bonchev–Trinajstić information content (AvgIpc) is 2.90. The number of carbonyl (C=O) groups excluding carboxylic acids is 1. The lowest BCUT2D eigenvalue weighted by Gasteiger charge is -2.25. The molecule has 6 heteroatoms. The molecule has 1 amide bonds. The molecular weight excluding hydrogens is 328 g/mol. The fraction of sp³-hybridized carbons (Fsp3) is 0.450. The molecule has 2 heterocycles. The molecule has 0 aliphatic heterocycles. The Balaban J connectivity index is 2.18. The minimum atomic E-state index is -0.561. The van der Waals surface area contributed by atoms with Gasteiger partial charge in [-0.05, 0) is 32.8 Å². The fourth-order valence-electron chi connectivity index (χ4n) is 2.96. The Labute approximate surface area is 153 Å². The number of ether oxygens (including phenoxy) is 1. The summed E-state index contributed by atoms with van der Waals surface area (Å²) < 4.78 is 7.61. The lowest BCUT2D eigenvalue weighted by molar-refractivity contribution is 0.0586. The van der Waals surface area contributed by atoms with Crippen molar-refractivity contribution in [2.24, 2.45) is 5.92 Å². The van der Waals surface area contributed by atoms with Crippen molar-refractivity contribution in [3.63, 3.8) is 0 Å². The summed E-state index contributed by atoms with van der Waals surface area (Å²) in [7, 11) is 1.70. The van der Waals surface area contributed by atoms with E-state index in [0.717, 1.165) is 28.5 Å². The zero-order chi connectivity index (χ0) is 19.1. The van der Waals surface area contributed by atoms with Gasteiger partial charge in [-0.25, -0.2) is 9.78 Å². The van der Waals surface area contributed by atoms with Gasteiger partial charge in [-0.3, -0.25) is 9.88 Å². The highest BCUT2D eigenvalue weighted by atomic mass is 16.6. The van der Waals surface area contributed by atoms with E-state index in [1.807, 2.05) is 45.0 Å². The second-order valence-electron chi connectivity index (χ2n) is 7.96. The minimum absolute atomic E-state index is 0.394. The van der Waals surface area contributed by atoms with E-state index in [1.165, 1.54) is 4.90 Å². The maximum Gasteiger partial charge on any atom is 0.416 e. The summed E-state index contributed by atoms with van der Waals surface area (Å²) in [4.78, 5) is 23.2. The van der Waals surface area contributed by atoms with Gasteiger partial charge in [0.2, 0.25) is 5.95 Å². The molecule has 0 saturated heterocycles. The number of para-hydroxylation sites is 1. The van der Waals surface area contributed by atoms with Crippen molar-refractivity contribution in [1.82, 2.24) is 14.5 Å². The second-order valence-corrected chi connectivity index (χ2v) is 7.96. The number of fused-ring (bicyclic) bond motifs is 3. The molecule has 0 N–H and O–H groups in total. The van der Waals surface area contributed by atoms with Gasteiger partial charge in [0.15, 0.2) is 0 Å². The molecule has 6 nitrogen and oxygen atoms in total. The zero-order valence-corrected chi connectivity index (χ0v) is 16.3. The van der Waals surface area contributed by atoms with Crippen molar-refractivity contribution >= 4 is 34.0 Å². The first-order valence-corrected chi connectivity index (χ1v) is 8.88. The molecule has 0 radical (unpaired) electrons. The Morgan fingerprint density at radius 2 is 1.92 bits per heavy atom. The van der Waals surface area contributed by atoms with Crippen LogP contribution in [0.15, 0.2) is 30.5 Å². The number of benzene rings is 1. The molecular formula is C20H26N4O2. The highest BCUT2D eigenvalue weighted by Crippen LogP contribution is 2.29. The van der Waals surface area contributed by atoms with Crippen molar-refractivity contribution in [1.29, 1.82) is 0 Å². The molecule has 0 aliphatic carbocycles. The quantitative estimate of drug-likeness (QED) is 0.689. The summed E-state index contributed by atoms with van der Waals surface area (Å²) in [6.07, 6.45) is 1.34. The molecule has 0 atom stereocenters. The molecule has 1 aromatic carbocycles. The largest absolute Gasteiger partial charge is 0.443 e. The first-order valence-electron chi connectivity index (χ1n) is 8.88. The molecule has 138 valence electrons. The number of carbonyl (C=O) groups is 1. The van der Waals surface area contributed by atoms with Crippen molar-refractivity contribution in [2.75, 3.05) is 11.9 Å². The first kappa shape index (κ1) is 18.2. The predicted octanol–water partition coefficient (Wildman–Crippen LogP) is 4.61. The predicted molar refractivity (Wildman–Crippen MR) is 105 cm³/mol. The Morgan fingerprint density at radius 1 is 1.23 bits per heavy atom. The number of hydrogen-bond acceptors (Lipinski definition) is 4. The van der Waals surface area contributed by atoms with E-state index in [1.54, 1.807) is 13.2 Å². The van der Waals surface area contributed by atoms with Crippen molar-refractivity contribution < 1.29 is 9.53 Å².